The highest BCUT2D eigenvalue weighted by molar-refractivity contribution is 9.13. The molecule has 0 amide bonds. The predicted molar refractivity (Wildman–Crippen MR) is 97.2 cm³/mol. The van der Waals surface area contributed by atoms with E-state index in [2.05, 4.69) is 46.7 Å². The number of halogens is 2. The average molecular weight is 465 g/mol. The molecule has 1 fully saturated rings. The highest BCUT2D eigenvalue weighted by atomic mass is 79.9. The third kappa shape index (κ3) is 3.21. The van der Waals surface area contributed by atoms with Gasteiger partial charge in [-0.3, -0.25) is 0 Å². The molecule has 0 spiro atoms. The first kappa shape index (κ1) is 18.1. The van der Waals surface area contributed by atoms with Crippen LogP contribution in [0.4, 0.5) is 5.69 Å². The maximum absolute atomic E-state index is 10.4. The van der Waals surface area contributed by atoms with Crippen LogP contribution in [0.15, 0.2) is 15.0 Å². The number of aliphatic hydroxyl groups is 3. The highest BCUT2D eigenvalue weighted by Gasteiger charge is 2.33. The van der Waals surface area contributed by atoms with Crippen LogP contribution in [0.3, 0.4) is 0 Å². The molecular formula is C15H19Br2N3O4. The molecule has 2 aromatic rings. The van der Waals surface area contributed by atoms with Gasteiger partial charge in [0.15, 0.2) is 0 Å². The summed E-state index contributed by atoms with van der Waals surface area (Å²) in [7, 11) is 1.43. The Labute approximate surface area is 155 Å². The summed E-state index contributed by atoms with van der Waals surface area (Å²) in [6, 6.07) is 1.86. The molecule has 0 aliphatic carbocycles. The van der Waals surface area contributed by atoms with Crippen molar-refractivity contribution in [2.75, 3.05) is 25.1 Å². The van der Waals surface area contributed by atoms with Crippen LogP contribution in [0.25, 0.3) is 11.0 Å². The standard InChI is InChI=1S/C15H19Br2N3O4/c1-6(24-2)12(21)13(22)14(23)15-18-8-5-7(16)9(17)11(10(8)19-15)20-3-4-20/h5-6,12-14,21-23H,3-4H2,1-2H3,(H,18,19)/t6?,12-,13?,14?/m0/s1. The van der Waals surface area contributed by atoms with E-state index >= 15 is 0 Å². The molecule has 9 heteroatoms. The fourth-order valence-electron chi connectivity index (χ4n) is 2.57. The van der Waals surface area contributed by atoms with E-state index < -0.39 is 24.4 Å². The zero-order valence-corrected chi connectivity index (χ0v) is 16.4. The second-order valence-electron chi connectivity index (χ2n) is 5.89. The number of benzene rings is 1. The minimum atomic E-state index is -1.42. The number of imidazole rings is 1. The third-order valence-electron chi connectivity index (χ3n) is 4.23. The maximum Gasteiger partial charge on any atom is 0.140 e. The van der Waals surface area contributed by atoms with Gasteiger partial charge in [0.1, 0.15) is 29.7 Å². The molecule has 3 unspecified atom stereocenters. The molecule has 1 saturated heterocycles. The first-order valence-corrected chi connectivity index (χ1v) is 9.13. The van der Waals surface area contributed by atoms with E-state index in [4.69, 9.17) is 4.74 Å². The summed E-state index contributed by atoms with van der Waals surface area (Å²) in [5.41, 5.74) is 2.38. The molecule has 132 valence electrons. The fraction of sp³-hybridized carbons (Fsp3) is 0.533. The van der Waals surface area contributed by atoms with Crippen molar-refractivity contribution in [1.29, 1.82) is 0 Å². The molecule has 1 aromatic carbocycles. The van der Waals surface area contributed by atoms with Gasteiger partial charge in [-0.15, -0.1) is 0 Å². The minimum Gasteiger partial charge on any atom is -0.388 e. The van der Waals surface area contributed by atoms with Crippen LogP contribution in [-0.4, -0.2) is 63.8 Å². The van der Waals surface area contributed by atoms with Crippen LogP contribution in [0.5, 0.6) is 0 Å². The van der Waals surface area contributed by atoms with Gasteiger partial charge in [0.25, 0.3) is 0 Å². The molecule has 0 radical (unpaired) electrons. The number of fused-ring (bicyclic) bond motifs is 1. The lowest BCUT2D eigenvalue weighted by molar-refractivity contribution is -0.112. The van der Waals surface area contributed by atoms with Crippen molar-refractivity contribution >= 4 is 48.6 Å². The average Bonchev–Trinajstić information content (AvgIpc) is 3.32. The number of aromatic nitrogens is 2. The number of aromatic amines is 1. The molecule has 0 bridgehead atoms. The van der Waals surface area contributed by atoms with Crippen molar-refractivity contribution in [2.24, 2.45) is 0 Å². The second-order valence-corrected chi connectivity index (χ2v) is 7.54. The van der Waals surface area contributed by atoms with Gasteiger partial charge in [0.05, 0.1) is 21.8 Å². The molecule has 1 aromatic heterocycles. The van der Waals surface area contributed by atoms with Crippen LogP contribution in [-0.2, 0) is 4.74 Å². The maximum atomic E-state index is 10.4. The Morgan fingerprint density at radius 2 is 1.92 bits per heavy atom. The fourth-order valence-corrected chi connectivity index (χ4v) is 3.54. The zero-order valence-electron chi connectivity index (χ0n) is 13.2. The normalized spacial score (nSPS) is 19.4. The highest BCUT2D eigenvalue weighted by Crippen LogP contribution is 2.41. The van der Waals surface area contributed by atoms with Gasteiger partial charge in [-0.05, 0) is 44.8 Å². The number of nitrogens with zero attached hydrogens (tertiary/aromatic N) is 2. The zero-order chi connectivity index (χ0) is 17.6. The van der Waals surface area contributed by atoms with Gasteiger partial charge in [-0.1, -0.05) is 0 Å². The molecule has 3 rings (SSSR count). The van der Waals surface area contributed by atoms with Crippen molar-refractivity contribution in [3.8, 4) is 0 Å². The van der Waals surface area contributed by atoms with Gasteiger partial charge in [-0.2, -0.15) is 0 Å². The quantitative estimate of drug-likeness (QED) is 0.485. The van der Waals surface area contributed by atoms with Crippen molar-refractivity contribution in [2.45, 2.75) is 31.3 Å². The number of hydrogen-bond acceptors (Lipinski definition) is 6. The summed E-state index contributed by atoms with van der Waals surface area (Å²) in [5, 5.41) is 30.6. The van der Waals surface area contributed by atoms with E-state index in [-0.39, 0.29) is 5.82 Å². The lowest BCUT2D eigenvalue weighted by atomic mass is 10.0. The monoisotopic (exact) mass is 463 g/mol. The summed E-state index contributed by atoms with van der Waals surface area (Å²) in [6.45, 7) is 3.51. The molecule has 4 atom stereocenters. The summed E-state index contributed by atoms with van der Waals surface area (Å²) < 4.78 is 6.76. The Hall–Kier alpha value is -0.710. The van der Waals surface area contributed by atoms with Crippen LogP contribution >= 0.6 is 31.9 Å². The van der Waals surface area contributed by atoms with Gasteiger partial charge in [0, 0.05) is 24.7 Å². The van der Waals surface area contributed by atoms with Gasteiger partial charge < -0.3 is 29.9 Å². The third-order valence-corrected chi connectivity index (χ3v) is 6.19. The smallest absolute Gasteiger partial charge is 0.140 e. The largest absolute Gasteiger partial charge is 0.388 e. The molecule has 0 saturated carbocycles. The summed E-state index contributed by atoms with van der Waals surface area (Å²) in [6.07, 6.45) is -4.62. The number of hydrogen-bond donors (Lipinski definition) is 4. The lowest BCUT2D eigenvalue weighted by Gasteiger charge is -2.25. The minimum absolute atomic E-state index is 0.202. The van der Waals surface area contributed by atoms with E-state index in [9.17, 15) is 15.3 Å². The Kier molecular flexibility index (Phi) is 5.19. The second kappa shape index (κ2) is 6.89. The van der Waals surface area contributed by atoms with Crippen molar-refractivity contribution in [1.82, 2.24) is 9.97 Å². The SMILES string of the molecule is COC(C)[C@H](O)C(O)C(O)c1nc2c(N3CC3)c(Br)c(Br)cc2[nH]1. The van der Waals surface area contributed by atoms with Crippen molar-refractivity contribution in [3.05, 3.63) is 20.8 Å². The first-order chi connectivity index (χ1) is 11.3. The number of methoxy groups -OCH3 is 1. The molecule has 1 aliphatic heterocycles. The predicted octanol–water partition coefficient (Wildman–Crippen LogP) is 1.70. The van der Waals surface area contributed by atoms with Crippen LogP contribution in [0, 0.1) is 0 Å². The molecule has 7 nitrogen and oxygen atoms in total. The lowest BCUT2D eigenvalue weighted by Crippen LogP contribution is -2.40. The van der Waals surface area contributed by atoms with E-state index in [0.29, 0.717) is 5.52 Å². The van der Waals surface area contributed by atoms with Crippen molar-refractivity contribution in [3.63, 3.8) is 0 Å². The number of nitrogens with one attached hydrogen (secondary N) is 1. The van der Waals surface area contributed by atoms with E-state index in [1.165, 1.54) is 7.11 Å². The molecule has 4 N–H and O–H groups in total. The molecule has 24 heavy (non-hydrogen) atoms. The number of anilines is 1. The summed E-state index contributed by atoms with van der Waals surface area (Å²) in [4.78, 5) is 9.63. The van der Waals surface area contributed by atoms with E-state index in [1.54, 1.807) is 6.92 Å². The first-order valence-electron chi connectivity index (χ1n) is 7.54. The van der Waals surface area contributed by atoms with Gasteiger partial charge in [-0.25, -0.2) is 4.98 Å². The van der Waals surface area contributed by atoms with E-state index in [0.717, 1.165) is 33.2 Å². The number of H-pyrrole nitrogens is 1. The Morgan fingerprint density at radius 1 is 1.25 bits per heavy atom. The van der Waals surface area contributed by atoms with Crippen LogP contribution in [0.2, 0.25) is 0 Å². The Morgan fingerprint density at radius 3 is 2.50 bits per heavy atom. The summed E-state index contributed by atoms with van der Waals surface area (Å²) >= 11 is 7.06. The Bertz CT molecular complexity index is 750. The van der Waals surface area contributed by atoms with Crippen LogP contribution in [0.1, 0.15) is 18.9 Å². The van der Waals surface area contributed by atoms with Crippen LogP contribution < -0.4 is 4.90 Å². The molecule has 1 aliphatic rings. The number of aliphatic hydroxyl groups excluding tert-OH is 3. The summed E-state index contributed by atoms with van der Waals surface area (Å²) in [5.74, 6) is 0.202. The molecular weight excluding hydrogens is 446 g/mol. The van der Waals surface area contributed by atoms with Crippen molar-refractivity contribution < 1.29 is 20.1 Å². The molecule has 2 heterocycles. The van der Waals surface area contributed by atoms with Gasteiger partial charge >= 0.3 is 0 Å². The topological polar surface area (TPSA) is 102 Å². The Balaban J connectivity index is 1.97. The number of rotatable bonds is 6. The van der Waals surface area contributed by atoms with E-state index in [1.807, 2.05) is 6.07 Å². The number of ether oxygens (including phenoxy) is 1. The van der Waals surface area contributed by atoms with Gasteiger partial charge in [0.2, 0.25) is 0 Å².